The zero-order chi connectivity index (χ0) is 10.8. The first-order chi connectivity index (χ1) is 7.20. The van der Waals surface area contributed by atoms with Crippen LogP contribution in [-0.2, 0) is 6.61 Å². The van der Waals surface area contributed by atoms with Crippen molar-refractivity contribution in [2.24, 2.45) is 0 Å². The Morgan fingerprint density at radius 3 is 2.60 bits per heavy atom. The lowest BCUT2D eigenvalue weighted by molar-refractivity contribution is 0.281. The Hall–Kier alpha value is -1.61. The number of rotatable bonds is 2. The van der Waals surface area contributed by atoms with Crippen molar-refractivity contribution in [2.45, 2.75) is 20.5 Å². The van der Waals surface area contributed by atoms with E-state index in [9.17, 15) is 0 Å². The average molecular weight is 202 g/mol. The van der Waals surface area contributed by atoms with E-state index in [1.807, 2.05) is 49.0 Å². The summed E-state index contributed by atoms with van der Waals surface area (Å²) in [5.41, 5.74) is 4.07. The Bertz CT molecular complexity index is 474. The second kappa shape index (κ2) is 3.87. The Morgan fingerprint density at radius 1 is 1.27 bits per heavy atom. The first-order valence-corrected chi connectivity index (χ1v) is 4.94. The Kier molecular flexibility index (Phi) is 2.56. The van der Waals surface area contributed by atoms with Crippen LogP contribution in [0, 0.1) is 13.8 Å². The SMILES string of the molecule is Cc1ccn(-c2ccc(CO)c(C)c2)n1. The number of aliphatic hydroxyl groups excluding tert-OH is 1. The summed E-state index contributed by atoms with van der Waals surface area (Å²) in [6.45, 7) is 4.04. The molecule has 1 aromatic carbocycles. The molecule has 0 aliphatic rings. The predicted molar refractivity (Wildman–Crippen MR) is 59.0 cm³/mol. The van der Waals surface area contributed by atoms with Gasteiger partial charge in [-0.15, -0.1) is 0 Å². The number of aryl methyl sites for hydroxylation is 2. The van der Waals surface area contributed by atoms with Gasteiger partial charge < -0.3 is 5.11 Å². The van der Waals surface area contributed by atoms with Gasteiger partial charge in [-0.2, -0.15) is 5.10 Å². The molecule has 2 aromatic rings. The summed E-state index contributed by atoms with van der Waals surface area (Å²) in [7, 11) is 0. The van der Waals surface area contributed by atoms with E-state index in [4.69, 9.17) is 5.11 Å². The van der Waals surface area contributed by atoms with E-state index >= 15 is 0 Å². The molecule has 15 heavy (non-hydrogen) atoms. The molecule has 2 rings (SSSR count). The summed E-state index contributed by atoms with van der Waals surface area (Å²) < 4.78 is 1.84. The van der Waals surface area contributed by atoms with Crippen molar-refractivity contribution in [3.8, 4) is 5.69 Å². The molecule has 1 N–H and O–H groups in total. The molecule has 3 heteroatoms. The molecular formula is C12H14N2O. The van der Waals surface area contributed by atoms with Crippen molar-refractivity contribution in [1.29, 1.82) is 0 Å². The number of aromatic nitrogens is 2. The average Bonchev–Trinajstić information content (AvgIpc) is 2.65. The summed E-state index contributed by atoms with van der Waals surface area (Å²) in [5, 5.41) is 13.4. The largest absolute Gasteiger partial charge is 0.392 e. The molecule has 0 spiro atoms. The third-order valence-electron chi connectivity index (χ3n) is 2.48. The molecule has 0 saturated heterocycles. The highest BCUT2D eigenvalue weighted by Gasteiger charge is 2.01. The molecule has 0 fully saturated rings. The number of hydrogen-bond donors (Lipinski definition) is 1. The van der Waals surface area contributed by atoms with Crippen LogP contribution in [0.2, 0.25) is 0 Å². The fraction of sp³-hybridized carbons (Fsp3) is 0.250. The van der Waals surface area contributed by atoms with E-state index in [-0.39, 0.29) is 6.61 Å². The Morgan fingerprint density at radius 2 is 2.07 bits per heavy atom. The normalized spacial score (nSPS) is 10.6. The van der Waals surface area contributed by atoms with Crippen LogP contribution in [0.4, 0.5) is 0 Å². The van der Waals surface area contributed by atoms with Crippen LogP contribution >= 0.6 is 0 Å². The Labute approximate surface area is 89.0 Å². The highest BCUT2D eigenvalue weighted by molar-refractivity contribution is 5.39. The van der Waals surface area contributed by atoms with Gasteiger partial charge in [-0.1, -0.05) is 6.07 Å². The van der Waals surface area contributed by atoms with Crippen LogP contribution in [0.25, 0.3) is 5.69 Å². The van der Waals surface area contributed by atoms with E-state index in [0.717, 1.165) is 22.5 Å². The van der Waals surface area contributed by atoms with Gasteiger partial charge in [0.05, 0.1) is 18.0 Å². The van der Waals surface area contributed by atoms with Crippen molar-refractivity contribution in [1.82, 2.24) is 9.78 Å². The first-order valence-electron chi connectivity index (χ1n) is 4.94. The molecule has 1 aromatic heterocycles. The molecule has 0 aliphatic carbocycles. The van der Waals surface area contributed by atoms with E-state index < -0.39 is 0 Å². The maximum absolute atomic E-state index is 9.06. The number of benzene rings is 1. The van der Waals surface area contributed by atoms with Crippen molar-refractivity contribution in [3.05, 3.63) is 47.3 Å². The van der Waals surface area contributed by atoms with Gasteiger partial charge in [0, 0.05) is 6.20 Å². The topological polar surface area (TPSA) is 38.0 Å². The quantitative estimate of drug-likeness (QED) is 0.808. The number of aliphatic hydroxyl groups is 1. The predicted octanol–water partition coefficient (Wildman–Crippen LogP) is 1.98. The zero-order valence-corrected chi connectivity index (χ0v) is 8.94. The number of nitrogens with zero attached hydrogens (tertiary/aromatic N) is 2. The molecular weight excluding hydrogens is 188 g/mol. The number of hydrogen-bond acceptors (Lipinski definition) is 2. The van der Waals surface area contributed by atoms with Gasteiger partial charge in [0.1, 0.15) is 0 Å². The minimum Gasteiger partial charge on any atom is -0.392 e. The van der Waals surface area contributed by atoms with Crippen LogP contribution in [0.1, 0.15) is 16.8 Å². The van der Waals surface area contributed by atoms with Gasteiger partial charge in [0.15, 0.2) is 0 Å². The van der Waals surface area contributed by atoms with Crippen LogP contribution in [-0.4, -0.2) is 14.9 Å². The summed E-state index contributed by atoms with van der Waals surface area (Å²) in [5.74, 6) is 0. The fourth-order valence-electron chi connectivity index (χ4n) is 1.56. The molecule has 0 amide bonds. The van der Waals surface area contributed by atoms with Gasteiger partial charge in [-0.3, -0.25) is 0 Å². The van der Waals surface area contributed by atoms with Crippen LogP contribution in [0.15, 0.2) is 30.5 Å². The zero-order valence-electron chi connectivity index (χ0n) is 8.94. The minimum atomic E-state index is 0.0875. The van der Waals surface area contributed by atoms with Gasteiger partial charge in [0.25, 0.3) is 0 Å². The Balaban J connectivity index is 2.42. The van der Waals surface area contributed by atoms with E-state index in [2.05, 4.69) is 5.10 Å². The lowest BCUT2D eigenvalue weighted by atomic mass is 10.1. The summed E-state index contributed by atoms with van der Waals surface area (Å²) in [6.07, 6.45) is 1.93. The minimum absolute atomic E-state index is 0.0875. The van der Waals surface area contributed by atoms with E-state index in [0.29, 0.717) is 0 Å². The van der Waals surface area contributed by atoms with E-state index in [1.165, 1.54) is 0 Å². The standard InChI is InChI=1S/C12H14N2O/c1-9-7-12(4-3-11(9)8-15)14-6-5-10(2)13-14/h3-7,15H,8H2,1-2H3. The first kappa shape index (κ1) is 9.93. The lowest BCUT2D eigenvalue weighted by Crippen LogP contribution is -1.97. The third-order valence-corrected chi connectivity index (χ3v) is 2.48. The van der Waals surface area contributed by atoms with Crippen molar-refractivity contribution >= 4 is 0 Å². The summed E-state index contributed by atoms with van der Waals surface area (Å²) in [4.78, 5) is 0. The van der Waals surface area contributed by atoms with Gasteiger partial charge in [-0.05, 0) is 43.2 Å². The lowest BCUT2D eigenvalue weighted by Gasteiger charge is -2.06. The van der Waals surface area contributed by atoms with Crippen molar-refractivity contribution in [3.63, 3.8) is 0 Å². The van der Waals surface area contributed by atoms with Gasteiger partial charge in [0.2, 0.25) is 0 Å². The fourth-order valence-corrected chi connectivity index (χ4v) is 1.56. The molecule has 0 saturated carbocycles. The monoisotopic (exact) mass is 202 g/mol. The van der Waals surface area contributed by atoms with Crippen LogP contribution < -0.4 is 0 Å². The van der Waals surface area contributed by atoms with Crippen molar-refractivity contribution in [2.75, 3.05) is 0 Å². The molecule has 0 atom stereocenters. The van der Waals surface area contributed by atoms with Crippen molar-refractivity contribution < 1.29 is 5.11 Å². The van der Waals surface area contributed by atoms with Crippen LogP contribution in [0.3, 0.4) is 0 Å². The highest BCUT2D eigenvalue weighted by atomic mass is 16.3. The smallest absolute Gasteiger partial charge is 0.0684 e. The molecule has 0 aliphatic heterocycles. The second-order valence-electron chi connectivity index (χ2n) is 3.67. The maximum Gasteiger partial charge on any atom is 0.0684 e. The second-order valence-corrected chi connectivity index (χ2v) is 3.67. The maximum atomic E-state index is 9.06. The molecule has 0 radical (unpaired) electrons. The van der Waals surface area contributed by atoms with Gasteiger partial charge >= 0.3 is 0 Å². The van der Waals surface area contributed by atoms with Crippen LogP contribution in [0.5, 0.6) is 0 Å². The van der Waals surface area contributed by atoms with Gasteiger partial charge in [-0.25, -0.2) is 4.68 Å². The molecule has 3 nitrogen and oxygen atoms in total. The highest BCUT2D eigenvalue weighted by Crippen LogP contribution is 2.14. The molecule has 0 bridgehead atoms. The van der Waals surface area contributed by atoms with E-state index in [1.54, 1.807) is 0 Å². The summed E-state index contributed by atoms with van der Waals surface area (Å²) in [6, 6.07) is 7.89. The molecule has 1 heterocycles. The summed E-state index contributed by atoms with van der Waals surface area (Å²) >= 11 is 0. The molecule has 78 valence electrons. The molecule has 0 unspecified atom stereocenters. The third kappa shape index (κ3) is 1.92.